The third-order valence-electron chi connectivity index (χ3n) is 3.17. The minimum atomic E-state index is -0.288. The lowest BCUT2D eigenvalue weighted by Crippen LogP contribution is -2.22. The second-order valence-electron chi connectivity index (χ2n) is 4.87. The summed E-state index contributed by atoms with van der Waals surface area (Å²) >= 11 is 0. The van der Waals surface area contributed by atoms with Crippen LogP contribution in [0.3, 0.4) is 0 Å². The van der Waals surface area contributed by atoms with E-state index in [2.05, 4.69) is 26.7 Å². The first-order valence-corrected chi connectivity index (χ1v) is 7.14. The quantitative estimate of drug-likeness (QED) is 0.749. The van der Waals surface area contributed by atoms with Gasteiger partial charge in [-0.2, -0.15) is 5.26 Å². The van der Waals surface area contributed by atoms with Gasteiger partial charge in [-0.1, -0.05) is 6.07 Å². The molecule has 0 unspecified atom stereocenters. The van der Waals surface area contributed by atoms with Crippen molar-refractivity contribution in [1.29, 1.82) is 5.26 Å². The molecular weight excluding hydrogens is 306 g/mol. The van der Waals surface area contributed by atoms with Crippen molar-refractivity contribution in [2.24, 2.45) is 0 Å². The second-order valence-corrected chi connectivity index (χ2v) is 4.87. The van der Waals surface area contributed by atoms with Gasteiger partial charge in [-0.25, -0.2) is 9.97 Å². The molecule has 0 saturated heterocycles. The van der Waals surface area contributed by atoms with E-state index in [1.807, 2.05) is 0 Å². The Kier molecular flexibility index (Phi) is 4.49. The zero-order chi connectivity index (χ0) is 16.8. The van der Waals surface area contributed by atoms with E-state index in [0.717, 1.165) is 0 Å². The molecule has 2 aromatic heterocycles. The Morgan fingerprint density at radius 3 is 2.75 bits per heavy atom. The molecule has 7 nitrogen and oxygen atoms in total. The summed E-state index contributed by atoms with van der Waals surface area (Å²) in [6, 6.07) is 12.6. The topological polar surface area (TPSA) is 104 Å². The average molecular weight is 319 g/mol. The molecular formula is C17H13N5O2. The van der Waals surface area contributed by atoms with E-state index in [1.54, 1.807) is 42.7 Å². The lowest BCUT2D eigenvalue weighted by atomic mass is 10.2. The fourth-order valence-corrected chi connectivity index (χ4v) is 1.99. The SMILES string of the molecule is N#Cc1cccc(Nc2ncc(C(=O)NCc3ccco3)cn2)c1. The van der Waals surface area contributed by atoms with E-state index >= 15 is 0 Å². The predicted octanol–water partition coefficient (Wildman–Crippen LogP) is 2.61. The number of nitrogens with one attached hydrogen (secondary N) is 2. The summed E-state index contributed by atoms with van der Waals surface area (Å²) in [5.74, 6) is 0.719. The van der Waals surface area contributed by atoms with Crippen molar-refractivity contribution in [3.05, 3.63) is 71.9 Å². The van der Waals surface area contributed by atoms with E-state index in [1.165, 1.54) is 12.4 Å². The summed E-state index contributed by atoms with van der Waals surface area (Å²) < 4.78 is 5.15. The van der Waals surface area contributed by atoms with Crippen LogP contribution in [-0.4, -0.2) is 15.9 Å². The molecule has 0 atom stereocenters. The van der Waals surface area contributed by atoms with Crippen LogP contribution in [0.4, 0.5) is 11.6 Å². The Hall–Kier alpha value is -3.66. The van der Waals surface area contributed by atoms with Gasteiger partial charge in [0.1, 0.15) is 5.76 Å². The van der Waals surface area contributed by atoms with Crippen molar-refractivity contribution in [2.75, 3.05) is 5.32 Å². The molecule has 118 valence electrons. The molecule has 0 aliphatic heterocycles. The standard InChI is InChI=1S/C17H13N5O2/c18-8-12-3-1-4-14(7-12)22-17-20-9-13(10-21-17)16(23)19-11-15-5-2-6-24-15/h1-7,9-10H,11H2,(H,19,23)(H,20,21,22). The minimum absolute atomic E-state index is 0.288. The number of benzene rings is 1. The summed E-state index contributed by atoms with van der Waals surface area (Å²) in [5, 5.41) is 14.6. The maximum atomic E-state index is 12.0. The number of rotatable bonds is 5. The Labute approximate surface area is 138 Å². The van der Waals surface area contributed by atoms with Gasteiger partial charge in [-0.05, 0) is 30.3 Å². The van der Waals surface area contributed by atoms with Crippen molar-refractivity contribution in [2.45, 2.75) is 6.54 Å². The van der Waals surface area contributed by atoms with E-state index < -0.39 is 0 Å². The number of anilines is 2. The molecule has 7 heteroatoms. The molecule has 0 spiro atoms. The van der Waals surface area contributed by atoms with Crippen molar-refractivity contribution >= 4 is 17.5 Å². The summed E-state index contributed by atoms with van der Waals surface area (Å²) in [4.78, 5) is 20.2. The lowest BCUT2D eigenvalue weighted by Gasteiger charge is -2.06. The Morgan fingerprint density at radius 2 is 2.04 bits per heavy atom. The summed E-state index contributed by atoms with van der Waals surface area (Å²) in [7, 11) is 0. The second kappa shape index (κ2) is 7.07. The third-order valence-corrected chi connectivity index (χ3v) is 3.17. The summed E-state index contributed by atoms with van der Waals surface area (Å²) in [6.07, 6.45) is 4.41. The van der Waals surface area contributed by atoms with Crippen LogP contribution in [0.2, 0.25) is 0 Å². The highest BCUT2D eigenvalue weighted by molar-refractivity contribution is 5.93. The number of aromatic nitrogens is 2. The molecule has 0 saturated carbocycles. The first-order valence-electron chi connectivity index (χ1n) is 7.14. The molecule has 2 heterocycles. The Morgan fingerprint density at radius 1 is 1.21 bits per heavy atom. The van der Waals surface area contributed by atoms with Crippen LogP contribution in [0, 0.1) is 11.3 Å². The average Bonchev–Trinajstić information content (AvgIpc) is 3.14. The number of amides is 1. The first-order chi connectivity index (χ1) is 11.7. The molecule has 0 bridgehead atoms. The molecule has 3 aromatic rings. The zero-order valence-corrected chi connectivity index (χ0v) is 12.6. The largest absolute Gasteiger partial charge is 0.467 e. The normalized spacial score (nSPS) is 9.96. The number of nitriles is 1. The molecule has 0 aliphatic carbocycles. The minimum Gasteiger partial charge on any atom is -0.467 e. The van der Waals surface area contributed by atoms with Gasteiger partial charge in [-0.15, -0.1) is 0 Å². The molecule has 0 aliphatic rings. The van der Waals surface area contributed by atoms with Crippen LogP contribution >= 0.6 is 0 Å². The molecule has 0 fully saturated rings. The van der Waals surface area contributed by atoms with Gasteiger partial charge in [0.15, 0.2) is 0 Å². The third kappa shape index (κ3) is 3.75. The summed E-state index contributed by atoms with van der Waals surface area (Å²) in [6.45, 7) is 0.298. The number of nitrogens with zero attached hydrogens (tertiary/aromatic N) is 3. The van der Waals surface area contributed by atoms with E-state index in [-0.39, 0.29) is 5.91 Å². The molecule has 0 radical (unpaired) electrons. The molecule has 1 amide bonds. The van der Waals surface area contributed by atoms with Crippen LogP contribution in [0.1, 0.15) is 21.7 Å². The molecule has 2 N–H and O–H groups in total. The molecule has 1 aromatic carbocycles. The summed E-state index contributed by atoms with van der Waals surface area (Å²) in [5.41, 5.74) is 1.58. The van der Waals surface area contributed by atoms with Crippen LogP contribution in [0.5, 0.6) is 0 Å². The van der Waals surface area contributed by atoms with Crippen molar-refractivity contribution in [3.63, 3.8) is 0 Å². The zero-order valence-electron chi connectivity index (χ0n) is 12.6. The fourth-order valence-electron chi connectivity index (χ4n) is 1.99. The molecule has 3 rings (SSSR count). The van der Waals surface area contributed by atoms with Gasteiger partial charge in [0.25, 0.3) is 5.91 Å². The van der Waals surface area contributed by atoms with Gasteiger partial charge in [-0.3, -0.25) is 4.79 Å². The van der Waals surface area contributed by atoms with E-state index in [9.17, 15) is 4.79 Å². The highest BCUT2D eigenvalue weighted by Gasteiger charge is 2.08. The maximum Gasteiger partial charge on any atom is 0.254 e. The monoisotopic (exact) mass is 319 g/mol. The van der Waals surface area contributed by atoms with E-state index in [4.69, 9.17) is 9.68 Å². The Balaban J connectivity index is 1.62. The van der Waals surface area contributed by atoms with Gasteiger partial charge < -0.3 is 15.1 Å². The van der Waals surface area contributed by atoms with Crippen molar-refractivity contribution in [1.82, 2.24) is 15.3 Å². The number of furan rings is 1. The number of carbonyl (C=O) groups is 1. The number of hydrogen-bond acceptors (Lipinski definition) is 6. The van der Waals surface area contributed by atoms with Crippen molar-refractivity contribution in [3.8, 4) is 6.07 Å². The van der Waals surface area contributed by atoms with Gasteiger partial charge in [0.2, 0.25) is 5.95 Å². The smallest absolute Gasteiger partial charge is 0.254 e. The number of carbonyl (C=O) groups excluding carboxylic acids is 1. The first kappa shape index (κ1) is 15.2. The number of hydrogen-bond donors (Lipinski definition) is 2. The van der Waals surface area contributed by atoms with Gasteiger partial charge in [0, 0.05) is 18.1 Å². The van der Waals surface area contributed by atoms with Gasteiger partial charge >= 0.3 is 0 Å². The van der Waals surface area contributed by atoms with Crippen LogP contribution in [-0.2, 0) is 6.54 Å². The van der Waals surface area contributed by atoms with Crippen LogP contribution < -0.4 is 10.6 Å². The highest BCUT2D eigenvalue weighted by Crippen LogP contribution is 2.14. The van der Waals surface area contributed by atoms with E-state index in [0.29, 0.717) is 35.1 Å². The predicted molar refractivity (Wildman–Crippen MR) is 86.3 cm³/mol. The van der Waals surface area contributed by atoms with Gasteiger partial charge in [0.05, 0.1) is 30.0 Å². The van der Waals surface area contributed by atoms with Crippen LogP contribution in [0.15, 0.2) is 59.5 Å². The van der Waals surface area contributed by atoms with Crippen molar-refractivity contribution < 1.29 is 9.21 Å². The molecule has 24 heavy (non-hydrogen) atoms. The lowest BCUT2D eigenvalue weighted by molar-refractivity contribution is 0.0947. The Bertz CT molecular complexity index is 867. The maximum absolute atomic E-state index is 12.0. The highest BCUT2D eigenvalue weighted by atomic mass is 16.3. The fraction of sp³-hybridized carbons (Fsp3) is 0.0588. The van der Waals surface area contributed by atoms with Crippen LogP contribution in [0.25, 0.3) is 0 Å².